The third-order valence-corrected chi connectivity index (χ3v) is 4.28. The molecule has 0 bridgehead atoms. The van der Waals surface area contributed by atoms with Crippen molar-refractivity contribution < 1.29 is 0 Å². The summed E-state index contributed by atoms with van der Waals surface area (Å²) in [7, 11) is 0. The van der Waals surface area contributed by atoms with Crippen molar-refractivity contribution in [3.8, 4) is 0 Å². The highest BCUT2D eigenvalue weighted by atomic mass is 15.2. The van der Waals surface area contributed by atoms with E-state index in [0.29, 0.717) is 6.04 Å². The molecule has 0 aromatic heterocycles. The molecule has 0 saturated heterocycles. The molecule has 20 heavy (non-hydrogen) atoms. The van der Waals surface area contributed by atoms with Crippen LogP contribution in [0.2, 0.25) is 0 Å². The Morgan fingerprint density at radius 3 is 2.30 bits per heavy atom. The molecule has 0 atom stereocenters. The van der Waals surface area contributed by atoms with Gasteiger partial charge in [-0.05, 0) is 51.6 Å². The molecule has 0 heterocycles. The zero-order valence-electron chi connectivity index (χ0n) is 13.9. The van der Waals surface area contributed by atoms with Crippen LogP contribution in [0.1, 0.15) is 53.4 Å². The van der Waals surface area contributed by atoms with E-state index in [9.17, 15) is 0 Å². The van der Waals surface area contributed by atoms with Gasteiger partial charge in [-0.3, -0.25) is 4.99 Å². The molecule has 0 radical (unpaired) electrons. The zero-order valence-corrected chi connectivity index (χ0v) is 13.9. The smallest absolute Gasteiger partial charge is 0.191 e. The van der Waals surface area contributed by atoms with E-state index in [0.717, 1.165) is 44.6 Å². The van der Waals surface area contributed by atoms with Gasteiger partial charge in [-0.25, -0.2) is 0 Å². The molecule has 1 aliphatic carbocycles. The minimum absolute atomic E-state index is 0.609. The summed E-state index contributed by atoms with van der Waals surface area (Å²) in [6.07, 6.45) is 5.25. The third-order valence-electron chi connectivity index (χ3n) is 4.28. The molecule has 0 aromatic rings. The van der Waals surface area contributed by atoms with E-state index in [2.05, 4.69) is 43.2 Å². The quantitative estimate of drug-likeness (QED) is 0.556. The van der Waals surface area contributed by atoms with Gasteiger partial charge in [0.1, 0.15) is 0 Å². The molecule has 1 saturated carbocycles. The Bertz CT molecular complexity index is 266. The maximum absolute atomic E-state index is 4.72. The second kappa shape index (κ2) is 10.0. The SMILES string of the molecule is CCNC(=NCCN(CC)CC)NC1CCC(C)CC1. The number of guanidine groups is 1. The molecule has 0 aromatic carbocycles. The summed E-state index contributed by atoms with van der Waals surface area (Å²) in [5, 5.41) is 6.98. The van der Waals surface area contributed by atoms with Crippen LogP contribution in [0.3, 0.4) is 0 Å². The van der Waals surface area contributed by atoms with E-state index in [-0.39, 0.29) is 0 Å². The Labute approximate surface area is 125 Å². The summed E-state index contributed by atoms with van der Waals surface area (Å²) in [5.74, 6) is 1.90. The van der Waals surface area contributed by atoms with Gasteiger partial charge in [-0.2, -0.15) is 0 Å². The minimum Gasteiger partial charge on any atom is -0.357 e. The van der Waals surface area contributed by atoms with E-state index in [1.807, 2.05) is 0 Å². The molecule has 1 aliphatic rings. The van der Waals surface area contributed by atoms with Crippen LogP contribution >= 0.6 is 0 Å². The minimum atomic E-state index is 0.609. The number of rotatable bonds is 7. The number of aliphatic imine (C=N–C) groups is 1. The number of likely N-dealkylation sites (N-methyl/N-ethyl adjacent to an activating group) is 1. The summed E-state index contributed by atoms with van der Waals surface area (Å²) in [5.41, 5.74) is 0. The lowest BCUT2D eigenvalue weighted by atomic mass is 9.87. The molecule has 118 valence electrons. The fourth-order valence-corrected chi connectivity index (χ4v) is 2.76. The van der Waals surface area contributed by atoms with Gasteiger partial charge in [0.05, 0.1) is 6.54 Å². The fraction of sp³-hybridized carbons (Fsp3) is 0.938. The van der Waals surface area contributed by atoms with Gasteiger partial charge >= 0.3 is 0 Å². The van der Waals surface area contributed by atoms with E-state index < -0.39 is 0 Å². The molecule has 1 fully saturated rings. The van der Waals surface area contributed by atoms with E-state index in [4.69, 9.17) is 4.99 Å². The lowest BCUT2D eigenvalue weighted by Crippen LogP contribution is -2.45. The lowest BCUT2D eigenvalue weighted by molar-refractivity contribution is 0.312. The zero-order chi connectivity index (χ0) is 14.8. The van der Waals surface area contributed by atoms with Crippen molar-refractivity contribution in [2.75, 3.05) is 32.7 Å². The molecule has 0 unspecified atom stereocenters. The van der Waals surface area contributed by atoms with Crippen molar-refractivity contribution in [2.45, 2.75) is 59.4 Å². The topological polar surface area (TPSA) is 39.7 Å². The first-order valence-electron chi connectivity index (χ1n) is 8.46. The first kappa shape index (κ1) is 17.3. The van der Waals surface area contributed by atoms with Crippen molar-refractivity contribution in [2.24, 2.45) is 10.9 Å². The largest absolute Gasteiger partial charge is 0.357 e. The molecule has 0 aliphatic heterocycles. The van der Waals surface area contributed by atoms with Crippen LogP contribution in [0.15, 0.2) is 4.99 Å². The Hall–Kier alpha value is -0.770. The summed E-state index contributed by atoms with van der Waals surface area (Å²) >= 11 is 0. The predicted octanol–water partition coefficient (Wildman–Crippen LogP) is 2.46. The van der Waals surface area contributed by atoms with Crippen LogP contribution in [0.25, 0.3) is 0 Å². The van der Waals surface area contributed by atoms with Gasteiger partial charge in [0.2, 0.25) is 0 Å². The summed E-state index contributed by atoms with van der Waals surface area (Å²) < 4.78 is 0. The van der Waals surface area contributed by atoms with Crippen LogP contribution in [0.5, 0.6) is 0 Å². The van der Waals surface area contributed by atoms with E-state index >= 15 is 0 Å². The Morgan fingerprint density at radius 1 is 1.10 bits per heavy atom. The molecule has 4 nitrogen and oxygen atoms in total. The molecule has 1 rings (SSSR count). The number of hydrogen-bond donors (Lipinski definition) is 2. The van der Waals surface area contributed by atoms with Gasteiger partial charge in [0, 0.05) is 19.1 Å². The van der Waals surface area contributed by atoms with Gasteiger partial charge in [0.25, 0.3) is 0 Å². The summed E-state index contributed by atoms with van der Waals surface area (Å²) in [6.45, 7) is 14.0. The van der Waals surface area contributed by atoms with Crippen LogP contribution in [0.4, 0.5) is 0 Å². The maximum atomic E-state index is 4.72. The van der Waals surface area contributed by atoms with Gasteiger partial charge < -0.3 is 15.5 Å². The van der Waals surface area contributed by atoms with E-state index in [1.54, 1.807) is 0 Å². The number of hydrogen-bond acceptors (Lipinski definition) is 2. The Balaban J connectivity index is 2.38. The Kier molecular flexibility index (Phi) is 8.67. The highest BCUT2D eigenvalue weighted by molar-refractivity contribution is 5.80. The van der Waals surface area contributed by atoms with Crippen molar-refractivity contribution in [3.63, 3.8) is 0 Å². The fourth-order valence-electron chi connectivity index (χ4n) is 2.76. The molecule has 4 heteroatoms. The van der Waals surface area contributed by atoms with Crippen molar-refractivity contribution in [1.82, 2.24) is 15.5 Å². The maximum Gasteiger partial charge on any atom is 0.191 e. The van der Waals surface area contributed by atoms with Crippen LogP contribution in [-0.4, -0.2) is 49.6 Å². The first-order chi connectivity index (χ1) is 9.69. The molecule has 0 amide bonds. The van der Waals surface area contributed by atoms with Gasteiger partial charge in [-0.15, -0.1) is 0 Å². The predicted molar refractivity (Wildman–Crippen MR) is 88.3 cm³/mol. The highest BCUT2D eigenvalue weighted by Gasteiger charge is 2.18. The standard InChI is InChI=1S/C16H34N4/c1-5-17-16(18-12-13-20(6-2)7-3)19-15-10-8-14(4)9-11-15/h14-15H,5-13H2,1-4H3,(H2,17,18,19). The number of nitrogens with zero attached hydrogens (tertiary/aromatic N) is 2. The summed E-state index contributed by atoms with van der Waals surface area (Å²) in [4.78, 5) is 7.13. The van der Waals surface area contributed by atoms with Crippen molar-refractivity contribution in [1.29, 1.82) is 0 Å². The first-order valence-corrected chi connectivity index (χ1v) is 8.46. The second-order valence-electron chi connectivity index (χ2n) is 5.89. The van der Waals surface area contributed by atoms with Crippen LogP contribution < -0.4 is 10.6 Å². The van der Waals surface area contributed by atoms with Crippen LogP contribution in [-0.2, 0) is 0 Å². The molecule has 0 spiro atoms. The molecular formula is C16H34N4. The average Bonchev–Trinajstić information content (AvgIpc) is 2.46. The second-order valence-corrected chi connectivity index (χ2v) is 5.89. The van der Waals surface area contributed by atoms with Crippen molar-refractivity contribution >= 4 is 5.96 Å². The highest BCUT2D eigenvalue weighted by Crippen LogP contribution is 2.23. The lowest BCUT2D eigenvalue weighted by Gasteiger charge is -2.28. The van der Waals surface area contributed by atoms with Crippen molar-refractivity contribution in [3.05, 3.63) is 0 Å². The Morgan fingerprint density at radius 2 is 1.75 bits per heavy atom. The van der Waals surface area contributed by atoms with E-state index in [1.165, 1.54) is 25.7 Å². The third kappa shape index (κ3) is 6.60. The summed E-state index contributed by atoms with van der Waals surface area (Å²) in [6, 6.07) is 0.609. The monoisotopic (exact) mass is 282 g/mol. The van der Waals surface area contributed by atoms with Gasteiger partial charge in [0.15, 0.2) is 5.96 Å². The normalized spacial score (nSPS) is 23.9. The molecule has 2 N–H and O–H groups in total. The van der Waals surface area contributed by atoms with Gasteiger partial charge in [-0.1, -0.05) is 20.8 Å². The average molecular weight is 282 g/mol. The number of nitrogens with one attached hydrogen (secondary N) is 2. The van der Waals surface area contributed by atoms with Crippen LogP contribution in [0, 0.1) is 5.92 Å². The molecular weight excluding hydrogens is 248 g/mol.